The summed E-state index contributed by atoms with van der Waals surface area (Å²) in [6.45, 7) is 6.34. The van der Waals surface area contributed by atoms with E-state index in [1.807, 2.05) is 30.2 Å². The van der Waals surface area contributed by atoms with Crippen LogP contribution in [-0.4, -0.2) is 14.8 Å². The van der Waals surface area contributed by atoms with Crippen molar-refractivity contribution < 1.29 is 0 Å². The number of aryl methyl sites for hydroxylation is 2. The number of hydrogen-bond donors (Lipinski definition) is 1. The van der Waals surface area contributed by atoms with Gasteiger partial charge in [-0.15, -0.1) is 0 Å². The van der Waals surface area contributed by atoms with Crippen LogP contribution in [0.3, 0.4) is 0 Å². The lowest BCUT2D eigenvalue weighted by Crippen LogP contribution is -2.09. The quantitative estimate of drug-likeness (QED) is 0.794. The highest BCUT2D eigenvalue weighted by atomic mass is 15.3. The standard InChI is InChI=1S/C17H20N4/c1-11(17-12(2)20-21(4)13(17)3)19-16-7-5-6-14-8-9-18-10-15(14)16/h5-11,19H,1-4H3. The minimum atomic E-state index is 0.199. The Morgan fingerprint density at radius 1 is 1.19 bits per heavy atom. The molecule has 1 N–H and O–H groups in total. The third kappa shape index (κ3) is 2.37. The number of hydrogen-bond acceptors (Lipinski definition) is 3. The van der Waals surface area contributed by atoms with Gasteiger partial charge in [0, 0.05) is 41.8 Å². The summed E-state index contributed by atoms with van der Waals surface area (Å²) in [7, 11) is 1.99. The Bertz CT molecular complexity index is 783. The maximum Gasteiger partial charge on any atom is 0.0649 e. The summed E-state index contributed by atoms with van der Waals surface area (Å²) in [6.07, 6.45) is 3.73. The number of pyridine rings is 1. The van der Waals surface area contributed by atoms with Crippen molar-refractivity contribution in [3.05, 3.63) is 53.6 Å². The first kappa shape index (κ1) is 13.6. The number of nitrogens with zero attached hydrogens (tertiary/aromatic N) is 3. The van der Waals surface area contributed by atoms with Gasteiger partial charge in [-0.05, 0) is 38.3 Å². The van der Waals surface area contributed by atoms with Crippen LogP contribution < -0.4 is 5.32 Å². The van der Waals surface area contributed by atoms with Crippen molar-refractivity contribution in [2.24, 2.45) is 7.05 Å². The predicted molar refractivity (Wildman–Crippen MR) is 86.5 cm³/mol. The number of fused-ring (bicyclic) bond motifs is 1. The highest BCUT2D eigenvalue weighted by Gasteiger charge is 2.16. The third-order valence-electron chi connectivity index (χ3n) is 4.05. The monoisotopic (exact) mass is 280 g/mol. The smallest absolute Gasteiger partial charge is 0.0649 e. The molecule has 0 aliphatic rings. The Kier molecular flexibility index (Phi) is 3.37. The highest BCUT2D eigenvalue weighted by Crippen LogP contribution is 2.28. The first-order valence-electron chi connectivity index (χ1n) is 7.17. The van der Waals surface area contributed by atoms with Crippen molar-refractivity contribution in [1.82, 2.24) is 14.8 Å². The second kappa shape index (κ2) is 5.20. The normalized spacial score (nSPS) is 12.6. The molecule has 0 saturated heterocycles. The number of aromatic nitrogens is 3. The molecular formula is C17H20N4. The van der Waals surface area contributed by atoms with Crippen molar-refractivity contribution in [3.63, 3.8) is 0 Å². The molecule has 3 aromatic rings. The lowest BCUT2D eigenvalue weighted by molar-refractivity contribution is 0.728. The zero-order valence-electron chi connectivity index (χ0n) is 12.9. The molecule has 4 nitrogen and oxygen atoms in total. The van der Waals surface area contributed by atoms with Crippen LogP contribution >= 0.6 is 0 Å². The Hall–Kier alpha value is -2.36. The van der Waals surface area contributed by atoms with E-state index >= 15 is 0 Å². The third-order valence-corrected chi connectivity index (χ3v) is 4.05. The summed E-state index contributed by atoms with van der Waals surface area (Å²) in [4.78, 5) is 4.24. The van der Waals surface area contributed by atoms with Gasteiger partial charge < -0.3 is 5.32 Å². The average molecular weight is 280 g/mol. The van der Waals surface area contributed by atoms with Crippen molar-refractivity contribution in [1.29, 1.82) is 0 Å². The average Bonchev–Trinajstić information content (AvgIpc) is 2.72. The predicted octanol–water partition coefficient (Wildman–Crippen LogP) is 3.76. The fourth-order valence-corrected chi connectivity index (χ4v) is 2.96. The van der Waals surface area contributed by atoms with Crippen LogP contribution in [0.4, 0.5) is 5.69 Å². The molecule has 2 heterocycles. The van der Waals surface area contributed by atoms with Crippen molar-refractivity contribution in [3.8, 4) is 0 Å². The zero-order valence-corrected chi connectivity index (χ0v) is 12.9. The fourth-order valence-electron chi connectivity index (χ4n) is 2.96. The molecule has 0 bridgehead atoms. The van der Waals surface area contributed by atoms with Gasteiger partial charge in [-0.1, -0.05) is 12.1 Å². The minimum Gasteiger partial charge on any atom is -0.378 e. The van der Waals surface area contributed by atoms with Gasteiger partial charge >= 0.3 is 0 Å². The maximum atomic E-state index is 4.50. The number of anilines is 1. The van der Waals surface area contributed by atoms with Gasteiger partial charge in [0.15, 0.2) is 0 Å². The van der Waals surface area contributed by atoms with Crippen LogP contribution in [0.5, 0.6) is 0 Å². The van der Waals surface area contributed by atoms with Crippen molar-refractivity contribution >= 4 is 16.5 Å². The van der Waals surface area contributed by atoms with E-state index in [2.05, 4.69) is 54.4 Å². The molecule has 1 unspecified atom stereocenters. The molecule has 0 fully saturated rings. The van der Waals surface area contributed by atoms with Crippen LogP contribution in [0.15, 0.2) is 36.7 Å². The zero-order chi connectivity index (χ0) is 15.0. The van der Waals surface area contributed by atoms with Crippen LogP contribution in [0, 0.1) is 13.8 Å². The molecule has 1 aromatic carbocycles. The van der Waals surface area contributed by atoms with Crippen LogP contribution in [0.25, 0.3) is 10.8 Å². The largest absolute Gasteiger partial charge is 0.378 e. The minimum absolute atomic E-state index is 0.199. The maximum absolute atomic E-state index is 4.50. The molecule has 4 heteroatoms. The Morgan fingerprint density at radius 3 is 2.71 bits per heavy atom. The number of rotatable bonds is 3. The van der Waals surface area contributed by atoms with Gasteiger partial charge in [0.2, 0.25) is 0 Å². The van der Waals surface area contributed by atoms with E-state index in [1.165, 1.54) is 16.6 Å². The van der Waals surface area contributed by atoms with E-state index in [9.17, 15) is 0 Å². The van der Waals surface area contributed by atoms with Gasteiger partial charge in [0.05, 0.1) is 11.7 Å². The van der Waals surface area contributed by atoms with Gasteiger partial charge in [-0.3, -0.25) is 9.67 Å². The van der Waals surface area contributed by atoms with Crippen molar-refractivity contribution in [2.75, 3.05) is 5.32 Å². The first-order valence-corrected chi connectivity index (χ1v) is 7.17. The Labute approximate surface area is 124 Å². The molecule has 0 radical (unpaired) electrons. The summed E-state index contributed by atoms with van der Waals surface area (Å²) in [5.41, 5.74) is 4.65. The molecule has 2 aromatic heterocycles. The summed E-state index contributed by atoms with van der Waals surface area (Å²) in [5.74, 6) is 0. The summed E-state index contributed by atoms with van der Waals surface area (Å²) >= 11 is 0. The summed E-state index contributed by atoms with van der Waals surface area (Å²) < 4.78 is 1.94. The molecule has 1 atom stereocenters. The van der Waals surface area contributed by atoms with E-state index in [-0.39, 0.29) is 6.04 Å². The Morgan fingerprint density at radius 2 is 2.00 bits per heavy atom. The topological polar surface area (TPSA) is 42.7 Å². The molecule has 0 aliphatic heterocycles. The van der Waals surface area contributed by atoms with Gasteiger partial charge in [0.1, 0.15) is 0 Å². The van der Waals surface area contributed by atoms with Crippen LogP contribution in [0.1, 0.15) is 29.9 Å². The molecule has 108 valence electrons. The lowest BCUT2D eigenvalue weighted by atomic mass is 10.0. The second-order valence-electron chi connectivity index (χ2n) is 5.48. The molecule has 0 spiro atoms. The Balaban J connectivity index is 1.98. The molecular weight excluding hydrogens is 260 g/mol. The SMILES string of the molecule is Cc1nn(C)c(C)c1C(C)Nc1cccc2ccncc12. The van der Waals surface area contributed by atoms with E-state index in [1.54, 1.807) is 0 Å². The van der Waals surface area contributed by atoms with Crippen LogP contribution in [0.2, 0.25) is 0 Å². The van der Waals surface area contributed by atoms with E-state index in [0.717, 1.165) is 16.8 Å². The van der Waals surface area contributed by atoms with Gasteiger partial charge in [-0.2, -0.15) is 5.10 Å². The second-order valence-corrected chi connectivity index (χ2v) is 5.48. The van der Waals surface area contributed by atoms with E-state index in [0.29, 0.717) is 0 Å². The number of nitrogens with one attached hydrogen (secondary N) is 1. The van der Waals surface area contributed by atoms with E-state index < -0.39 is 0 Å². The molecule has 21 heavy (non-hydrogen) atoms. The molecule has 0 amide bonds. The van der Waals surface area contributed by atoms with Gasteiger partial charge in [-0.25, -0.2) is 0 Å². The summed E-state index contributed by atoms with van der Waals surface area (Å²) in [6, 6.07) is 8.51. The molecule has 3 rings (SSSR count). The molecule has 0 aliphatic carbocycles. The first-order chi connectivity index (χ1) is 10.1. The lowest BCUT2D eigenvalue weighted by Gasteiger charge is -2.17. The number of benzene rings is 1. The fraction of sp³-hybridized carbons (Fsp3) is 0.294. The van der Waals surface area contributed by atoms with Gasteiger partial charge in [0.25, 0.3) is 0 Å². The molecule has 0 saturated carbocycles. The van der Waals surface area contributed by atoms with E-state index in [4.69, 9.17) is 0 Å². The van der Waals surface area contributed by atoms with Crippen LogP contribution in [-0.2, 0) is 7.05 Å². The highest BCUT2D eigenvalue weighted by molar-refractivity contribution is 5.93. The van der Waals surface area contributed by atoms with Crippen molar-refractivity contribution in [2.45, 2.75) is 26.8 Å². The summed E-state index contributed by atoms with van der Waals surface area (Å²) in [5, 5.41) is 10.4.